The van der Waals surface area contributed by atoms with Crippen molar-refractivity contribution in [2.45, 2.75) is 41.2 Å². The van der Waals surface area contributed by atoms with Gasteiger partial charge in [-0.1, -0.05) is 0 Å². The van der Waals surface area contributed by atoms with Gasteiger partial charge in [0.1, 0.15) is 17.6 Å². The molecule has 3 aromatic rings. The van der Waals surface area contributed by atoms with E-state index in [2.05, 4.69) is 83.1 Å². The summed E-state index contributed by atoms with van der Waals surface area (Å²) in [7, 11) is 0. The molecule has 2 aromatic carbocycles. The van der Waals surface area contributed by atoms with E-state index in [4.69, 9.17) is 4.98 Å². The highest BCUT2D eigenvalue weighted by molar-refractivity contribution is 5.94. The highest BCUT2D eigenvalue weighted by atomic mass is 127. The van der Waals surface area contributed by atoms with Crippen molar-refractivity contribution in [1.82, 2.24) is 4.98 Å². The van der Waals surface area contributed by atoms with Crippen molar-refractivity contribution in [2.24, 2.45) is 0 Å². The first kappa shape index (κ1) is 24.1. The fraction of sp³-hybridized carbons (Fsp3) is 0.538. The average molecular weight is 561 g/mol. The largest absolute Gasteiger partial charge is 1.00 e. The maximum absolute atomic E-state index is 5.23. The predicted molar refractivity (Wildman–Crippen MR) is 137 cm³/mol. The third kappa shape index (κ3) is 3.86. The lowest BCUT2D eigenvalue weighted by molar-refractivity contribution is -0.641. The van der Waals surface area contributed by atoms with E-state index in [1.165, 1.54) is 33.8 Å². The molecule has 0 radical (unpaired) electrons. The van der Waals surface area contributed by atoms with Crippen LogP contribution in [0.3, 0.4) is 0 Å². The molecule has 1 aromatic heterocycles. The maximum atomic E-state index is 5.23. The lowest BCUT2D eigenvalue weighted by Gasteiger charge is -2.38. The molecule has 2 aliphatic rings. The number of benzene rings is 2. The maximum Gasteiger partial charge on any atom is 0.233 e. The van der Waals surface area contributed by atoms with Crippen molar-refractivity contribution < 1.29 is 28.5 Å². The van der Waals surface area contributed by atoms with Crippen LogP contribution in [0.25, 0.3) is 22.1 Å². The zero-order valence-corrected chi connectivity index (χ0v) is 22.9. The molecule has 0 N–H and O–H groups in total. The molecule has 0 aliphatic carbocycles. The summed E-state index contributed by atoms with van der Waals surface area (Å²) < 4.78 is 2.47. The molecule has 2 aliphatic heterocycles. The molecule has 0 fully saturated rings. The Labute approximate surface area is 215 Å². The second kappa shape index (κ2) is 9.68. The topological polar surface area (TPSA) is 29.7 Å². The number of halogens is 1. The van der Waals surface area contributed by atoms with Crippen molar-refractivity contribution in [3.63, 3.8) is 0 Å². The van der Waals surface area contributed by atoms with Gasteiger partial charge in [0.2, 0.25) is 11.0 Å². The summed E-state index contributed by atoms with van der Waals surface area (Å²) in [5.74, 6) is 0. The summed E-state index contributed by atoms with van der Waals surface area (Å²) in [6.45, 7) is 20.7. The number of aromatic nitrogens is 2. The molecule has 7 heteroatoms. The molecule has 178 valence electrons. The van der Waals surface area contributed by atoms with E-state index in [0.717, 1.165) is 69.9 Å². The van der Waals surface area contributed by atoms with E-state index in [1.807, 2.05) is 0 Å². The van der Waals surface area contributed by atoms with Crippen LogP contribution >= 0.6 is 0 Å². The van der Waals surface area contributed by atoms with E-state index in [0.29, 0.717) is 0 Å². The van der Waals surface area contributed by atoms with Crippen molar-refractivity contribution in [3.05, 3.63) is 24.3 Å². The van der Waals surface area contributed by atoms with E-state index < -0.39 is 0 Å². The molecule has 0 saturated carbocycles. The van der Waals surface area contributed by atoms with Gasteiger partial charge < -0.3 is 43.6 Å². The number of fused-ring (bicyclic) bond motifs is 4. The van der Waals surface area contributed by atoms with Gasteiger partial charge in [-0.25, -0.2) is 4.98 Å². The van der Waals surface area contributed by atoms with Crippen LogP contribution in [-0.4, -0.2) is 57.3 Å². The highest BCUT2D eigenvalue weighted by Crippen LogP contribution is 2.38. The van der Waals surface area contributed by atoms with Gasteiger partial charge in [-0.3, -0.25) is 0 Å². The first-order valence-corrected chi connectivity index (χ1v) is 12.5. The molecule has 3 heterocycles. The number of hydrogen-bond acceptors (Lipinski definition) is 5. The van der Waals surface area contributed by atoms with Gasteiger partial charge in [-0.05, 0) is 46.8 Å². The van der Waals surface area contributed by atoms with Crippen molar-refractivity contribution in [2.75, 3.05) is 72.0 Å². The summed E-state index contributed by atoms with van der Waals surface area (Å²) in [6.07, 6.45) is 0. The number of anilines is 4. The summed E-state index contributed by atoms with van der Waals surface area (Å²) in [5.41, 5.74) is 10.0. The van der Waals surface area contributed by atoms with Crippen LogP contribution in [0, 0.1) is 0 Å². The first-order valence-electron chi connectivity index (χ1n) is 12.5. The van der Waals surface area contributed by atoms with Crippen LogP contribution in [0.2, 0.25) is 0 Å². The van der Waals surface area contributed by atoms with E-state index in [1.54, 1.807) is 0 Å². The number of aryl methyl sites for hydroxylation is 1. The normalized spacial score (nSPS) is 15.7. The average Bonchev–Trinajstić information content (AvgIpc) is 2.83. The van der Waals surface area contributed by atoms with Gasteiger partial charge in [0.25, 0.3) is 0 Å². The summed E-state index contributed by atoms with van der Waals surface area (Å²) in [6, 6.07) is 9.44. The Kier molecular flexibility index (Phi) is 7.07. The van der Waals surface area contributed by atoms with Gasteiger partial charge in [0.05, 0.1) is 22.7 Å². The number of rotatable bonds is 5. The van der Waals surface area contributed by atoms with Crippen LogP contribution in [-0.2, 0) is 6.54 Å². The third-order valence-corrected chi connectivity index (χ3v) is 7.45. The minimum Gasteiger partial charge on any atom is -1.00 e. The lowest BCUT2D eigenvalue weighted by Crippen LogP contribution is -3.00. The minimum atomic E-state index is 0. The third-order valence-electron chi connectivity index (χ3n) is 7.45. The van der Waals surface area contributed by atoms with Gasteiger partial charge >= 0.3 is 0 Å². The van der Waals surface area contributed by atoms with Crippen molar-refractivity contribution in [3.8, 4) is 0 Å². The van der Waals surface area contributed by atoms with E-state index >= 15 is 0 Å². The second-order valence-corrected chi connectivity index (χ2v) is 8.83. The first-order chi connectivity index (χ1) is 15.6. The lowest BCUT2D eigenvalue weighted by atomic mass is 10.1. The highest BCUT2D eigenvalue weighted by Gasteiger charge is 2.28. The van der Waals surface area contributed by atoms with Gasteiger partial charge in [-0.2, -0.15) is 4.57 Å². The molecule has 0 atom stereocenters. The Balaban J connectivity index is 0.00000259. The fourth-order valence-corrected chi connectivity index (χ4v) is 5.61. The van der Waals surface area contributed by atoms with Crippen LogP contribution < -0.4 is 48.1 Å². The molecule has 33 heavy (non-hydrogen) atoms. The number of hydrogen-bond donors (Lipinski definition) is 0. The molecule has 0 unspecified atom stereocenters. The summed E-state index contributed by atoms with van der Waals surface area (Å²) in [5, 5.41) is 0. The van der Waals surface area contributed by atoms with Crippen LogP contribution in [0.15, 0.2) is 24.3 Å². The summed E-state index contributed by atoms with van der Waals surface area (Å²) in [4.78, 5) is 15.2. The standard InChI is InChI=1S/C26H37N6.HI/c1-6-28-11-13-30(8-3)25-17-21-19(15-23(25)28)27-20-16-24-26(18-22(20)32(21)10-5)31(9-4)14-12-29(24)7-2;/h15-18H,6-14H2,1-5H3;1H/q+1;/p-1. The Morgan fingerprint density at radius 3 is 1.24 bits per heavy atom. The molecule has 0 saturated heterocycles. The predicted octanol–water partition coefficient (Wildman–Crippen LogP) is 1.03. The molecule has 6 nitrogen and oxygen atoms in total. The molecular weight excluding hydrogens is 523 g/mol. The van der Waals surface area contributed by atoms with E-state index in [9.17, 15) is 0 Å². The SMILES string of the molecule is CCN1CCN(CC)c2cc3c(cc21)nc1cc2c(cc1[n+]3CC)N(CC)CCN2CC.[I-]. The Morgan fingerprint density at radius 2 is 0.939 bits per heavy atom. The fourth-order valence-electron chi connectivity index (χ4n) is 5.61. The van der Waals surface area contributed by atoms with Crippen LogP contribution in [0.4, 0.5) is 22.7 Å². The van der Waals surface area contributed by atoms with Crippen molar-refractivity contribution >= 4 is 44.8 Å². The quantitative estimate of drug-likeness (QED) is 0.265. The van der Waals surface area contributed by atoms with E-state index in [-0.39, 0.29) is 24.0 Å². The second-order valence-electron chi connectivity index (χ2n) is 8.83. The smallest absolute Gasteiger partial charge is 0.233 e. The zero-order chi connectivity index (χ0) is 22.4. The summed E-state index contributed by atoms with van der Waals surface area (Å²) >= 11 is 0. The molecule has 0 amide bonds. The molecule has 0 bridgehead atoms. The Bertz CT molecular complexity index is 1080. The molecule has 0 spiro atoms. The van der Waals surface area contributed by atoms with Gasteiger partial charge in [0, 0.05) is 64.5 Å². The van der Waals surface area contributed by atoms with Crippen molar-refractivity contribution in [1.29, 1.82) is 0 Å². The Morgan fingerprint density at radius 1 is 0.606 bits per heavy atom. The van der Waals surface area contributed by atoms with Gasteiger partial charge in [0.15, 0.2) is 0 Å². The monoisotopic (exact) mass is 560 g/mol. The Hall–Kier alpha value is -2.03. The minimum absolute atomic E-state index is 0. The molecule has 5 rings (SSSR count). The molecular formula is C26H37IN6. The number of nitrogens with zero attached hydrogens (tertiary/aromatic N) is 6. The number of likely N-dealkylation sites (N-methyl/N-ethyl adjacent to an activating group) is 4. The zero-order valence-electron chi connectivity index (χ0n) is 20.7. The van der Waals surface area contributed by atoms with Gasteiger partial charge in [-0.15, -0.1) is 0 Å². The van der Waals surface area contributed by atoms with Crippen LogP contribution in [0.1, 0.15) is 34.6 Å². The van der Waals surface area contributed by atoms with Crippen LogP contribution in [0.5, 0.6) is 0 Å².